The molecule has 0 spiro atoms. The van der Waals surface area contributed by atoms with Crippen LogP contribution < -0.4 is 11.5 Å². The molecular weight excluding hydrogens is 234 g/mol. The minimum Gasteiger partial charge on any atom is -0.393 e. The highest BCUT2D eigenvalue weighted by Gasteiger charge is 2.13. The van der Waals surface area contributed by atoms with Crippen LogP contribution in [0.5, 0.6) is 0 Å². The Morgan fingerprint density at radius 1 is 1.50 bits per heavy atom. The molecule has 0 saturated heterocycles. The number of benzene rings is 1. The van der Waals surface area contributed by atoms with Crippen molar-refractivity contribution >= 4 is 17.2 Å². The second-order valence-corrected chi connectivity index (χ2v) is 4.10. The van der Waals surface area contributed by atoms with Gasteiger partial charge in [-0.2, -0.15) is 0 Å². The largest absolute Gasteiger partial charge is 0.393 e. The maximum Gasteiger partial charge on any atom is 0.292 e. The van der Waals surface area contributed by atoms with Crippen molar-refractivity contribution in [1.82, 2.24) is 4.90 Å². The van der Waals surface area contributed by atoms with Crippen LogP contribution in [0.3, 0.4) is 0 Å². The van der Waals surface area contributed by atoms with Gasteiger partial charge in [0.05, 0.1) is 11.5 Å². The molecule has 98 valence electrons. The number of rotatable bonds is 5. The van der Waals surface area contributed by atoms with E-state index in [9.17, 15) is 10.1 Å². The molecule has 1 aromatic carbocycles. The second-order valence-electron chi connectivity index (χ2n) is 4.10. The summed E-state index contributed by atoms with van der Waals surface area (Å²) in [5.74, 6) is 0.278. The first-order valence-electron chi connectivity index (χ1n) is 5.40. The molecule has 0 aromatic heterocycles. The van der Waals surface area contributed by atoms with Gasteiger partial charge >= 0.3 is 0 Å². The number of nitrogen functional groups attached to an aromatic ring is 1. The van der Waals surface area contributed by atoms with E-state index in [-0.39, 0.29) is 17.2 Å². The Labute approximate surface area is 105 Å². The number of anilines is 1. The van der Waals surface area contributed by atoms with Crippen LogP contribution in [0.4, 0.5) is 11.4 Å². The Balaban J connectivity index is 2.89. The summed E-state index contributed by atoms with van der Waals surface area (Å²) in [4.78, 5) is 16.3. The predicted octanol–water partition coefficient (Wildman–Crippen LogP) is 0.444. The van der Waals surface area contributed by atoms with E-state index in [0.29, 0.717) is 12.1 Å². The summed E-state index contributed by atoms with van der Waals surface area (Å²) < 4.78 is 0. The fourth-order valence-corrected chi connectivity index (χ4v) is 1.32. The highest BCUT2D eigenvalue weighted by molar-refractivity contribution is 5.98. The van der Waals surface area contributed by atoms with E-state index in [1.165, 1.54) is 12.1 Å². The highest BCUT2D eigenvalue weighted by Crippen LogP contribution is 2.22. The maximum atomic E-state index is 10.7. The summed E-state index contributed by atoms with van der Waals surface area (Å²) in [5, 5.41) is 10.7. The predicted molar refractivity (Wildman–Crippen MR) is 71.7 cm³/mol. The normalized spacial score (nSPS) is 11.8. The molecule has 0 amide bonds. The van der Waals surface area contributed by atoms with Gasteiger partial charge in [0, 0.05) is 18.2 Å². The molecular formula is C11H17N5O2. The first-order valence-corrected chi connectivity index (χ1v) is 5.40. The third-order valence-corrected chi connectivity index (χ3v) is 2.35. The monoisotopic (exact) mass is 251 g/mol. The molecule has 0 fully saturated rings. The first kappa shape index (κ1) is 13.9. The average Bonchev–Trinajstić information content (AvgIpc) is 2.28. The van der Waals surface area contributed by atoms with Gasteiger partial charge in [-0.1, -0.05) is 0 Å². The summed E-state index contributed by atoms with van der Waals surface area (Å²) in [7, 11) is 3.86. The Morgan fingerprint density at radius 3 is 2.72 bits per heavy atom. The lowest BCUT2D eigenvalue weighted by atomic mass is 10.1. The number of nitrogens with zero attached hydrogens (tertiary/aromatic N) is 3. The molecule has 0 bridgehead atoms. The van der Waals surface area contributed by atoms with Crippen LogP contribution in [0.1, 0.15) is 5.56 Å². The Bertz CT molecular complexity index is 471. The molecule has 7 heteroatoms. The first-order chi connectivity index (χ1) is 8.41. The van der Waals surface area contributed by atoms with Crippen LogP contribution in [0.25, 0.3) is 0 Å². The molecule has 0 atom stereocenters. The fraction of sp³-hybridized carbons (Fsp3) is 0.364. The second kappa shape index (κ2) is 5.97. The van der Waals surface area contributed by atoms with E-state index in [0.717, 1.165) is 6.54 Å². The summed E-state index contributed by atoms with van der Waals surface area (Å²) in [5.41, 5.74) is 11.7. The van der Waals surface area contributed by atoms with Crippen molar-refractivity contribution < 1.29 is 4.92 Å². The van der Waals surface area contributed by atoms with Crippen LogP contribution >= 0.6 is 0 Å². The van der Waals surface area contributed by atoms with Crippen molar-refractivity contribution in [2.45, 2.75) is 0 Å². The quantitative estimate of drug-likeness (QED) is 0.259. The van der Waals surface area contributed by atoms with Gasteiger partial charge in [0.25, 0.3) is 5.69 Å². The van der Waals surface area contributed by atoms with Crippen LogP contribution in [-0.4, -0.2) is 42.8 Å². The number of nitro groups is 1. The number of hydrogen-bond donors (Lipinski definition) is 2. The zero-order valence-corrected chi connectivity index (χ0v) is 10.5. The Hall–Kier alpha value is -2.15. The molecule has 1 aromatic rings. The van der Waals surface area contributed by atoms with Gasteiger partial charge in [-0.3, -0.25) is 15.1 Å². The highest BCUT2D eigenvalue weighted by atomic mass is 16.6. The van der Waals surface area contributed by atoms with Gasteiger partial charge in [0.15, 0.2) is 0 Å². The van der Waals surface area contributed by atoms with Crippen molar-refractivity contribution in [1.29, 1.82) is 0 Å². The molecule has 1 rings (SSSR count). The van der Waals surface area contributed by atoms with E-state index in [2.05, 4.69) is 4.99 Å². The number of likely N-dealkylation sites (N-methyl/N-ethyl adjacent to an activating group) is 1. The molecule has 0 aliphatic rings. The van der Waals surface area contributed by atoms with Crippen molar-refractivity contribution in [2.24, 2.45) is 10.7 Å². The molecule has 0 radical (unpaired) electrons. The standard InChI is InChI=1S/C11H17N5O2/c1-15(2)6-5-14-11(13)8-3-4-9(12)10(7-8)16(17)18/h3-4,7H,5-6,12H2,1-2H3,(H2,13,14). The zero-order chi connectivity index (χ0) is 13.7. The minimum absolute atomic E-state index is 0.116. The maximum absolute atomic E-state index is 10.7. The van der Waals surface area contributed by atoms with E-state index in [1.54, 1.807) is 6.07 Å². The molecule has 7 nitrogen and oxygen atoms in total. The molecule has 0 aliphatic carbocycles. The summed E-state index contributed by atoms with van der Waals surface area (Å²) in [6.45, 7) is 1.30. The van der Waals surface area contributed by atoms with E-state index >= 15 is 0 Å². The summed E-state index contributed by atoms with van der Waals surface area (Å²) in [6, 6.07) is 4.42. The Morgan fingerprint density at radius 2 is 2.17 bits per heavy atom. The lowest BCUT2D eigenvalue weighted by Crippen LogP contribution is -2.19. The Kier molecular flexibility index (Phi) is 4.61. The van der Waals surface area contributed by atoms with E-state index in [1.807, 2.05) is 19.0 Å². The van der Waals surface area contributed by atoms with Gasteiger partial charge in [-0.25, -0.2) is 0 Å². The van der Waals surface area contributed by atoms with E-state index in [4.69, 9.17) is 11.5 Å². The number of amidine groups is 1. The molecule has 0 aliphatic heterocycles. The van der Waals surface area contributed by atoms with Gasteiger partial charge in [0.1, 0.15) is 11.5 Å². The lowest BCUT2D eigenvalue weighted by molar-refractivity contribution is -0.383. The number of nitro benzene ring substituents is 1. The van der Waals surface area contributed by atoms with Gasteiger partial charge < -0.3 is 16.4 Å². The molecule has 0 heterocycles. The van der Waals surface area contributed by atoms with Crippen molar-refractivity contribution in [3.05, 3.63) is 33.9 Å². The van der Waals surface area contributed by atoms with Crippen molar-refractivity contribution in [3.63, 3.8) is 0 Å². The average molecular weight is 251 g/mol. The summed E-state index contributed by atoms with van der Waals surface area (Å²) in [6.07, 6.45) is 0. The van der Waals surface area contributed by atoms with Gasteiger partial charge in [-0.15, -0.1) is 0 Å². The third kappa shape index (κ3) is 3.70. The fourth-order valence-electron chi connectivity index (χ4n) is 1.32. The van der Waals surface area contributed by atoms with Crippen molar-refractivity contribution in [3.8, 4) is 0 Å². The molecule has 18 heavy (non-hydrogen) atoms. The van der Waals surface area contributed by atoms with Gasteiger partial charge in [0.2, 0.25) is 0 Å². The third-order valence-electron chi connectivity index (χ3n) is 2.35. The smallest absolute Gasteiger partial charge is 0.292 e. The van der Waals surface area contributed by atoms with Crippen molar-refractivity contribution in [2.75, 3.05) is 32.9 Å². The zero-order valence-electron chi connectivity index (χ0n) is 10.5. The lowest BCUT2D eigenvalue weighted by Gasteiger charge is -2.07. The van der Waals surface area contributed by atoms with Crippen LogP contribution in [0, 0.1) is 10.1 Å². The molecule has 0 saturated carbocycles. The van der Waals surface area contributed by atoms with Gasteiger partial charge in [-0.05, 0) is 26.2 Å². The minimum atomic E-state index is -0.536. The van der Waals surface area contributed by atoms with Crippen LogP contribution in [0.2, 0.25) is 0 Å². The van der Waals surface area contributed by atoms with Crippen LogP contribution in [-0.2, 0) is 0 Å². The molecule has 0 unspecified atom stereocenters. The van der Waals surface area contributed by atoms with Crippen LogP contribution in [0.15, 0.2) is 23.2 Å². The molecule has 4 N–H and O–H groups in total. The summed E-state index contributed by atoms with van der Waals surface area (Å²) >= 11 is 0. The van der Waals surface area contributed by atoms with E-state index < -0.39 is 4.92 Å². The number of nitrogens with two attached hydrogens (primary N) is 2. The number of aliphatic imine (C=N–C) groups is 1. The SMILES string of the molecule is CN(C)CCN=C(N)c1ccc(N)c([N+](=O)[O-])c1. The topological polar surface area (TPSA) is 111 Å². The number of hydrogen-bond acceptors (Lipinski definition) is 5.